The summed E-state index contributed by atoms with van der Waals surface area (Å²) < 4.78 is 10.3. The van der Waals surface area contributed by atoms with Gasteiger partial charge in [0.15, 0.2) is 0 Å². The smallest absolute Gasteiger partial charge is 0.335 e. The first kappa shape index (κ1) is 16.6. The molecule has 21 heavy (non-hydrogen) atoms. The Morgan fingerprint density at radius 3 is 2.81 bits per heavy atom. The van der Waals surface area contributed by atoms with Gasteiger partial charge in [0.2, 0.25) is 0 Å². The van der Waals surface area contributed by atoms with E-state index in [2.05, 4.69) is 11.1 Å². The van der Waals surface area contributed by atoms with Crippen molar-refractivity contribution in [3.63, 3.8) is 0 Å². The van der Waals surface area contributed by atoms with Gasteiger partial charge in [0.1, 0.15) is 11.5 Å². The minimum Gasteiger partial charge on any atom is -0.497 e. The fraction of sp³-hybridized carbons (Fsp3) is 0.375. The number of rotatable bonds is 8. The number of unbranched alkanes of at least 4 members (excludes halogenated alkanes) is 2. The Bertz CT molecular complexity index is 532. The third kappa shape index (κ3) is 6.00. The molecule has 0 aliphatic heterocycles. The van der Waals surface area contributed by atoms with Crippen LogP contribution in [0, 0.1) is 12.3 Å². The summed E-state index contributed by atoms with van der Waals surface area (Å²) in [6, 6.07) is 5.26. The SMILES string of the molecule is C#CCCCCC(=O)O/N=C/c1ccc(OC)cc1OC. The highest BCUT2D eigenvalue weighted by Crippen LogP contribution is 2.23. The van der Waals surface area contributed by atoms with Gasteiger partial charge in [-0.1, -0.05) is 5.16 Å². The molecule has 0 aliphatic carbocycles. The van der Waals surface area contributed by atoms with Gasteiger partial charge in [-0.25, -0.2) is 4.79 Å². The number of terminal acetylenes is 1. The normalized spacial score (nSPS) is 10.1. The lowest BCUT2D eigenvalue weighted by Gasteiger charge is -2.06. The second kappa shape index (κ2) is 9.43. The first-order valence-electron chi connectivity index (χ1n) is 6.60. The molecule has 0 atom stereocenters. The average molecular weight is 289 g/mol. The summed E-state index contributed by atoms with van der Waals surface area (Å²) in [5, 5.41) is 3.67. The van der Waals surface area contributed by atoms with Crippen molar-refractivity contribution < 1.29 is 19.1 Å². The van der Waals surface area contributed by atoms with Gasteiger partial charge in [0.05, 0.1) is 20.4 Å². The van der Waals surface area contributed by atoms with Crippen LogP contribution in [0.4, 0.5) is 0 Å². The van der Waals surface area contributed by atoms with Gasteiger partial charge in [0.25, 0.3) is 0 Å². The number of nitrogens with zero attached hydrogens (tertiary/aromatic N) is 1. The molecular formula is C16H19NO4. The van der Waals surface area contributed by atoms with E-state index < -0.39 is 0 Å². The van der Waals surface area contributed by atoms with Gasteiger partial charge in [-0.3, -0.25) is 0 Å². The van der Waals surface area contributed by atoms with Gasteiger partial charge in [-0.2, -0.15) is 0 Å². The maximum atomic E-state index is 11.4. The molecule has 5 heteroatoms. The summed E-state index contributed by atoms with van der Waals surface area (Å²) >= 11 is 0. The predicted molar refractivity (Wildman–Crippen MR) is 80.5 cm³/mol. The van der Waals surface area contributed by atoms with Crippen LogP contribution >= 0.6 is 0 Å². The molecule has 0 radical (unpaired) electrons. The lowest BCUT2D eigenvalue weighted by atomic mass is 10.2. The number of carbonyl (C=O) groups is 1. The molecule has 0 amide bonds. The van der Waals surface area contributed by atoms with Crippen LogP contribution in [0.2, 0.25) is 0 Å². The molecule has 112 valence electrons. The Kier molecular flexibility index (Phi) is 7.44. The highest BCUT2D eigenvalue weighted by Gasteiger charge is 2.04. The first-order valence-corrected chi connectivity index (χ1v) is 6.60. The largest absolute Gasteiger partial charge is 0.497 e. The van der Waals surface area contributed by atoms with Crippen molar-refractivity contribution in [2.45, 2.75) is 25.7 Å². The molecule has 0 N–H and O–H groups in total. The summed E-state index contributed by atoms with van der Waals surface area (Å²) in [4.78, 5) is 16.2. The number of benzene rings is 1. The number of oxime groups is 1. The van der Waals surface area contributed by atoms with Crippen LogP contribution in [0.5, 0.6) is 11.5 Å². The lowest BCUT2D eigenvalue weighted by molar-refractivity contribution is -0.143. The topological polar surface area (TPSA) is 57.1 Å². The molecule has 0 saturated heterocycles. The van der Waals surface area contributed by atoms with Crippen molar-refractivity contribution in [2.75, 3.05) is 14.2 Å². The fourth-order valence-corrected chi connectivity index (χ4v) is 1.61. The van der Waals surface area contributed by atoms with Crippen LogP contribution in [0.15, 0.2) is 23.4 Å². The molecule has 1 aromatic carbocycles. The van der Waals surface area contributed by atoms with Crippen LogP contribution in [0.3, 0.4) is 0 Å². The van der Waals surface area contributed by atoms with Crippen molar-refractivity contribution >= 4 is 12.2 Å². The minimum atomic E-state index is -0.379. The van der Waals surface area contributed by atoms with Crippen LogP contribution in [0.25, 0.3) is 0 Å². The van der Waals surface area contributed by atoms with Crippen LogP contribution < -0.4 is 9.47 Å². The minimum absolute atomic E-state index is 0.304. The monoisotopic (exact) mass is 289 g/mol. The summed E-state index contributed by atoms with van der Waals surface area (Å²) in [6.45, 7) is 0. The van der Waals surface area contributed by atoms with E-state index in [0.717, 1.165) is 6.42 Å². The third-order valence-corrected chi connectivity index (χ3v) is 2.74. The zero-order chi connectivity index (χ0) is 15.5. The van der Waals surface area contributed by atoms with E-state index in [4.69, 9.17) is 20.7 Å². The van der Waals surface area contributed by atoms with E-state index in [-0.39, 0.29) is 5.97 Å². The fourth-order valence-electron chi connectivity index (χ4n) is 1.61. The number of ether oxygens (including phenoxy) is 2. The van der Waals surface area contributed by atoms with Crippen LogP contribution in [-0.2, 0) is 9.63 Å². The molecule has 0 heterocycles. The summed E-state index contributed by atoms with van der Waals surface area (Å²) in [5.74, 6) is 3.41. The summed E-state index contributed by atoms with van der Waals surface area (Å²) in [5.41, 5.74) is 0.693. The molecule has 0 aromatic heterocycles. The quantitative estimate of drug-likeness (QED) is 0.243. The maximum absolute atomic E-state index is 11.4. The zero-order valence-electron chi connectivity index (χ0n) is 12.3. The predicted octanol–water partition coefficient (Wildman–Crippen LogP) is 2.77. The number of hydrogen-bond acceptors (Lipinski definition) is 5. The molecule has 0 aliphatic rings. The second-order valence-corrected chi connectivity index (χ2v) is 4.22. The van der Waals surface area contributed by atoms with Crippen LogP contribution in [-0.4, -0.2) is 26.4 Å². The van der Waals surface area contributed by atoms with E-state index in [1.54, 1.807) is 32.4 Å². The Labute approximate surface area is 124 Å². The van der Waals surface area contributed by atoms with Gasteiger partial charge in [0, 0.05) is 24.5 Å². The van der Waals surface area contributed by atoms with E-state index in [9.17, 15) is 4.79 Å². The summed E-state index contributed by atoms with van der Waals surface area (Å²) in [6.07, 6.45) is 9.03. The maximum Gasteiger partial charge on any atom is 0.335 e. The van der Waals surface area contributed by atoms with Gasteiger partial charge < -0.3 is 14.3 Å². The molecular weight excluding hydrogens is 270 g/mol. The van der Waals surface area contributed by atoms with E-state index in [1.807, 2.05) is 0 Å². The van der Waals surface area contributed by atoms with Crippen molar-refractivity contribution in [1.29, 1.82) is 0 Å². The standard InChI is InChI=1S/C16H19NO4/c1-4-5-6-7-8-16(18)21-17-12-13-9-10-14(19-2)11-15(13)20-3/h1,9-12H,5-8H2,2-3H3/b17-12+. The third-order valence-electron chi connectivity index (χ3n) is 2.74. The van der Waals surface area contributed by atoms with Gasteiger partial charge in [-0.15, -0.1) is 12.3 Å². The Morgan fingerprint density at radius 1 is 1.33 bits per heavy atom. The highest BCUT2D eigenvalue weighted by atomic mass is 16.7. The lowest BCUT2D eigenvalue weighted by Crippen LogP contribution is -2.00. The zero-order valence-corrected chi connectivity index (χ0v) is 12.3. The Hall–Kier alpha value is -2.48. The Morgan fingerprint density at radius 2 is 2.14 bits per heavy atom. The average Bonchev–Trinajstić information content (AvgIpc) is 2.51. The van der Waals surface area contributed by atoms with E-state index >= 15 is 0 Å². The molecule has 0 fully saturated rings. The van der Waals surface area contributed by atoms with Crippen molar-refractivity contribution in [3.8, 4) is 23.8 Å². The van der Waals surface area contributed by atoms with Gasteiger partial charge >= 0.3 is 5.97 Å². The molecule has 1 aromatic rings. The van der Waals surface area contributed by atoms with Crippen molar-refractivity contribution in [1.82, 2.24) is 0 Å². The van der Waals surface area contributed by atoms with E-state index in [0.29, 0.717) is 36.3 Å². The van der Waals surface area contributed by atoms with Crippen LogP contribution in [0.1, 0.15) is 31.2 Å². The molecule has 0 bridgehead atoms. The first-order chi connectivity index (χ1) is 10.2. The molecule has 5 nitrogen and oxygen atoms in total. The number of carbonyl (C=O) groups excluding carboxylic acids is 1. The second-order valence-electron chi connectivity index (χ2n) is 4.22. The number of hydrogen-bond donors (Lipinski definition) is 0. The van der Waals surface area contributed by atoms with E-state index in [1.165, 1.54) is 6.21 Å². The molecule has 0 spiro atoms. The van der Waals surface area contributed by atoms with Crippen molar-refractivity contribution in [3.05, 3.63) is 23.8 Å². The molecule has 1 rings (SSSR count). The Balaban J connectivity index is 2.49. The highest BCUT2D eigenvalue weighted by molar-refractivity contribution is 5.84. The van der Waals surface area contributed by atoms with Crippen molar-refractivity contribution in [2.24, 2.45) is 5.16 Å². The number of methoxy groups -OCH3 is 2. The van der Waals surface area contributed by atoms with Gasteiger partial charge in [-0.05, 0) is 25.0 Å². The summed E-state index contributed by atoms with van der Waals surface area (Å²) in [7, 11) is 3.12. The molecule has 0 saturated carbocycles. The molecule has 0 unspecified atom stereocenters.